The molecule has 0 bridgehead atoms. The van der Waals surface area contributed by atoms with E-state index in [1.54, 1.807) is 6.92 Å². The van der Waals surface area contributed by atoms with Crippen LogP contribution >= 0.6 is 28.3 Å². The van der Waals surface area contributed by atoms with Crippen LogP contribution in [0.4, 0.5) is 0 Å². The molecule has 0 aliphatic carbocycles. The maximum absolute atomic E-state index is 11.3. The highest BCUT2D eigenvalue weighted by Crippen LogP contribution is 2.23. The summed E-state index contributed by atoms with van der Waals surface area (Å²) in [5, 5.41) is 0. The summed E-state index contributed by atoms with van der Waals surface area (Å²) < 4.78 is 5.84. The second-order valence-corrected chi connectivity index (χ2v) is 4.53. The molecular formula is C12H17BrClNO2. The lowest BCUT2D eigenvalue weighted by molar-refractivity contribution is -0.143. The van der Waals surface area contributed by atoms with Crippen LogP contribution in [0, 0.1) is 6.92 Å². The predicted octanol–water partition coefficient (Wildman–Crippen LogP) is 3.13. The van der Waals surface area contributed by atoms with Crippen LogP contribution in [0.5, 0.6) is 0 Å². The quantitative estimate of drug-likeness (QED) is 0.867. The third kappa shape index (κ3) is 5.06. The SMILES string of the molecule is CCOC(=O)C[C@H](N)c1cc(Br)ccc1C.Cl. The molecule has 0 heterocycles. The molecule has 0 radical (unpaired) electrons. The number of hydrogen-bond donors (Lipinski definition) is 1. The summed E-state index contributed by atoms with van der Waals surface area (Å²) >= 11 is 3.39. The third-order valence-electron chi connectivity index (χ3n) is 2.33. The Morgan fingerprint density at radius 3 is 2.76 bits per heavy atom. The number of hydrogen-bond acceptors (Lipinski definition) is 3. The normalized spacial score (nSPS) is 11.5. The van der Waals surface area contributed by atoms with Gasteiger partial charge in [-0.15, -0.1) is 12.4 Å². The molecule has 0 aliphatic heterocycles. The number of carbonyl (C=O) groups excluding carboxylic acids is 1. The highest BCUT2D eigenvalue weighted by molar-refractivity contribution is 9.10. The maximum Gasteiger partial charge on any atom is 0.307 e. The van der Waals surface area contributed by atoms with Crippen LogP contribution in [-0.2, 0) is 9.53 Å². The number of rotatable bonds is 4. The zero-order valence-electron chi connectivity index (χ0n) is 9.90. The Bertz CT molecular complexity index is 385. The van der Waals surface area contributed by atoms with Gasteiger partial charge in [-0.25, -0.2) is 0 Å². The van der Waals surface area contributed by atoms with Gasteiger partial charge in [0.25, 0.3) is 0 Å². The Balaban J connectivity index is 0.00000256. The minimum atomic E-state index is -0.309. The molecule has 1 aromatic carbocycles. The van der Waals surface area contributed by atoms with Crippen LogP contribution in [0.3, 0.4) is 0 Å². The van der Waals surface area contributed by atoms with Gasteiger partial charge in [0.15, 0.2) is 0 Å². The number of ether oxygens (including phenoxy) is 1. The summed E-state index contributed by atoms with van der Waals surface area (Å²) in [6.07, 6.45) is 0.213. The molecule has 0 amide bonds. The number of aryl methyl sites for hydroxylation is 1. The highest BCUT2D eigenvalue weighted by atomic mass is 79.9. The van der Waals surface area contributed by atoms with Crippen molar-refractivity contribution in [3.8, 4) is 0 Å². The van der Waals surface area contributed by atoms with E-state index in [-0.39, 0.29) is 30.8 Å². The van der Waals surface area contributed by atoms with E-state index in [2.05, 4.69) is 15.9 Å². The van der Waals surface area contributed by atoms with E-state index in [9.17, 15) is 4.79 Å². The van der Waals surface area contributed by atoms with Crippen molar-refractivity contribution >= 4 is 34.3 Å². The van der Waals surface area contributed by atoms with E-state index in [1.165, 1.54) is 0 Å². The van der Waals surface area contributed by atoms with Crippen molar-refractivity contribution in [3.05, 3.63) is 33.8 Å². The first-order valence-electron chi connectivity index (χ1n) is 5.21. The third-order valence-corrected chi connectivity index (χ3v) is 2.83. The Kier molecular flexibility index (Phi) is 7.43. The average molecular weight is 323 g/mol. The van der Waals surface area contributed by atoms with Crippen LogP contribution < -0.4 is 5.73 Å². The van der Waals surface area contributed by atoms with Gasteiger partial charge in [-0.1, -0.05) is 22.0 Å². The van der Waals surface area contributed by atoms with Crippen molar-refractivity contribution in [1.82, 2.24) is 0 Å². The molecule has 1 rings (SSSR count). The van der Waals surface area contributed by atoms with Crippen LogP contribution in [0.15, 0.2) is 22.7 Å². The first-order chi connectivity index (χ1) is 7.54. The topological polar surface area (TPSA) is 52.3 Å². The molecule has 0 spiro atoms. The Morgan fingerprint density at radius 2 is 2.18 bits per heavy atom. The second-order valence-electron chi connectivity index (χ2n) is 3.62. The van der Waals surface area contributed by atoms with Gasteiger partial charge >= 0.3 is 5.97 Å². The Morgan fingerprint density at radius 1 is 1.53 bits per heavy atom. The molecule has 0 aliphatic rings. The van der Waals surface area contributed by atoms with Crippen molar-refractivity contribution in [2.75, 3.05) is 6.61 Å². The van der Waals surface area contributed by atoms with E-state index < -0.39 is 0 Å². The van der Waals surface area contributed by atoms with Gasteiger partial charge in [-0.3, -0.25) is 4.79 Å². The number of carbonyl (C=O) groups is 1. The molecular weight excluding hydrogens is 305 g/mol. The summed E-state index contributed by atoms with van der Waals surface area (Å²) in [7, 11) is 0. The molecule has 0 fully saturated rings. The first-order valence-corrected chi connectivity index (χ1v) is 6.01. The van der Waals surface area contributed by atoms with Gasteiger partial charge in [-0.2, -0.15) is 0 Å². The summed E-state index contributed by atoms with van der Waals surface area (Å²) in [5.74, 6) is -0.255. The van der Waals surface area contributed by atoms with E-state index in [0.717, 1.165) is 15.6 Å². The summed E-state index contributed by atoms with van der Waals surface area (Å²) in [5.41, 5.74) is 8.03. The number of esters is 1. The van der Waals surface area contributed by atoms with E-state index in [0.29, 0.717) is 6.61 Å². The van der Waals surface area contributed by atoms with E-state index >= 15 is 0 Å². The molecule has 3 nitrogen and oxygen atoms in total. The summed E-state index contributed by atoms with van der Waals surface area (Å²) in [4.78, 5) is 11.3. The fraction of sp³-hybridized carbons (Fsp3) is 0.417. The molecule has 0 saturated carbocycles. The number of nitrogens with two attached hydrogens (primary N) is 1. The standard InChI is InChI=1S/C12H16BrNO2.ClH/c1-3-16-12(15)7-11(14)10-6-9(13)5-4-8(10)2;/h4-6,11H,3,7,14H2,1-2H3;1H/t11-;/m0./s1. The lowest BCUT2D eigenvalue weighted by atomic mass is 10.00. The van der Waals surface area contributed by atoms with Crippen molar-refractivity contribution < 1.29 is 9.53 Å². The van der Waals surface area contributed by atoms with Crippen LogP contribution in [0.1, 0.15) is 30.5 Å². The first kappa shape index (κ1) is 16.4. The molecule has 17 heavy (non-hydrogen) atoms. The van der Waals surface area contributed by atoms with Crippen molar-refractivity contribution in [1.29, 1.82) is 0 Å². The van der Waals surface area contributed by atoms with Gasteiger partial charge in [0.05, 0.1) is 13.0 Å². The maximum atomic E-state index is 11.3. The van der Waals surface area contributed by atoms with Gasteiger partial charge in [0.2, 0.25) is 0 Å². The van der Waals surface area contributed by atoms with Crippen molar-refractivity contribution in [2.24, 2.45) is 5.73 Å². The second kappa shape index (κ2) is 7.69. The van der Waals surface area contributed by atoms with Gasteiger partial charge < -0.3 is 10.5 Å². The lowest BCUT2D eigenvalue weighted by Gasteiger charge is -2.14. The van der Waals surface area contributed by atoms with Crippen molar-refractivity contribution in [2.45, 2.75) is 26.3 Å². The molecule has 0 unspecified atom stereocenters. The summed E-state index contributed by atoms with van der Waals surface area (Å²) in [6, 6.07) is 5.57. The largest absolute Gasteiger partial charge is 0.466 e. The van der Waals surface area contributed by atoms with Crippen LogP contribution in [0.2, 0.25) is 0 Å². The van der Waals surface area contributed by atoms with E-state index in [4.69, 9.17) is 10.5 Å². The minimum absolute atomic E-state index is 0. The molecule has 5 heteroatoms. The molecule has 0 aromatic heterocycles. The van der Waals surface area contributed by atoms with E-state index in [1.807, 2.05) is 25.1 Å². The minimum Gasteiger partial charge on any atom is -0.466 e. The van der Waals surface area contributed by atoms with Crippen LogP contribution in [0.25, 0.3) is 0 Å². The van der Waals surface area contributed by atoms with Gasteiger partial charge in [-0.05, 0) is 37.1 Å². The number of benzene rings is 1. The van der Waals surface area contributed by atoms with Crippen molar-refractivity contribution in [3.63, 3.8) is 0 Å². The van der Waals surface area contributed by atoms with Crippen LogP contribution in [-0.4, -0.2) is 12.6 Å². The molecule has 2 N–H and O–H groups in total. The monoisotopic (exact) mass is 321 g/mol. The molecule has 0 saturated heterocycles. The summed E-state index contributed by atoms with van der Waals surface area (Å²) in [6.45, 7) is 4.16. The molecule has 1 atom stereocenters. The Labute approximate surface area is 116 Å². The molecule has 96 valence electrons. The number of halogens is 2. The zero-order valence-corrected chi connectivity index (χ0v) is 12.3. The smallest absolute Gasteiger partial charge is 0.307 e. The Hall–Kier alpha value is -0.580. The van der Waals surface area contributed by atoms with Gasteiger partial charge in [0, 0.05) is 10.5 Å². The average Bonchev–Trinajstić information content (AvgIpc) is 2.21. The predicted molar refractivity (Wildman–Crippen MR) is 74.3 cm³/mol. The zero-order chi connectivity index (χ0) is 12.1. The fourth-order valence-corrected chi connectivity index (χ4v) is 1.90. The fourth-order valence-electron chi connectivity index (χ4n) is 1.52. The molecule has 1 aromatic rings. The lowest BCUT2D eigenvalue weighted by Crippen LogP contribution is -2.18. The highest BCUT2D eigenvalue weighted by Gasteiger charge is 2.14. The van der Waals surface area contributed by atoms with Gasteiger partial charge in [0.1, 0.15) is 0 Å².